The maximum Gasteiger partial charge on any atom is 0.243 e. The molecule has 4 fully saturated rings. The molecule has 0 heterocycles. The van der Waals surface area contributed by atoms with Gasteiger partial charge in [-0.1, -0.05) is 25.1 Å². The fraction of sp³-hybridized carbons (Fsp3) is 0.652. The molecule has 0 atom stereocenters. The van der Waals surface area contributed by atoms with Crippen LogP contribution < -0.4 is 16.0 Å². The average molecular weight is 384 g/mol. The van der Waals surface area contributed by atoms with Crippen LogP contribution in [0.25, 0.3) is 0 Å². The normalized spacial score (nSPS) is 30.2. The van der Waals surface area contributed by atoms with Crippen LogP contribution in [0.3, 0.4) is 0 Å². The van der Waals surface area contributed by atoms with Crippen molar-refractivity contribution in [2.75, 3.05) is 18.4 Å². The number of hydrogen-bond donors (Lipinski definition) is 3. The van der Waals surface area contributed by atoms with Gasteiger partial charge in [0.05, 0.1) is 6.54 Å². The molecule has 4 saturated carbocycles. The quantitative estimate of drug-likeness (QED) is 0.644. The van der Waals surface area contributed by atoms with Gasteiger partial charge < -0.3 is 16.0 Å². The van der Waals surface area contributed by atoms with Gasteiger partial charge in [-0.25, -0.2) is 0 Å². The molecular formula is C23H33N3O2. The second-order valence-corrected chi connectivity index (χ2v) is 9.36. The van der Waals surface area contributed by atoms with Gasteiger partial charge in [0.15, 0.2) is 0 Å². The molecule has 0 radical (unpaired) electrons. The van der Waals surface area contributed by atoms with E-state index in [2.05, 4.69) is 22.9 Å². The van der Waals surface area contributed by atoms with Crippen molar-refractivity contribution in [3.05, 3.63) is 29.8 Å². The maximum absolute atomic E-state index is 12.6. The minimum absolute atomic E-state index is 0.0398. The van der Waals surface area contributed by atoms with Gasteiger partial charge >= 0.3 is 0 Å². The Hall–Kier alpha value is -1.88. The van der Waals surface area contributed by atoms with E-state index < -0.39 is 0 Å². The van der Waals surface area contributed by atoms with E-state index in [0.717, 1.165) is 35.5 Å². The summed E-state index contributed by atoms with van der Waals surface area (Å²) in [5.74, 6) is 2.41. The summed E-state index contributed by atoms with van der Waals surface area (Å²) in [4.78, 5) is 25.0. The molecule has 5 heteroatoms. The standard InChI is InChI=1S/C23H33N3O2/c1-2-24-14-19-5-3-4-6-20(19)26-22(28)15-25-21(27)13-23-10-16-7-17(11-23)9-18(8-16)12-23/h3-6,16-18,24H,2,7-15H2,1H3,(H,25,27)(H,26,28). The van der Waals surface area contributed by atoms with Crippen LogP contribution in [0.2, 0.25) is 0 Å². The Morgan fingerprint density at radius 3 is 2.29 bits per heavy atom. The van der Waals surface area contributed by atoms with Crippen LogP contribution >= 0.6 is 0 Å². The number of nitrogens with one attached hydrogen (secondary N) is 3. The molecule has 5 nitrogen and oxygen atoms in total. The second kappa shape index (κ2) is 8.24. The number of hydrogen-bond acceptors (Lipinski definition) is 3. The first kappa shape index (κ1) is 19.4. The molecule has 2 amide bonds. The number of rotatable bonds is 8. The van der Waals surface area contributed by atoms with Gasteiger partial charge in [-0.05, 0) is 79.9 Å². The van der Waals surface area contributed by atoms with Crippen LogP contribution in [0.1, 0.15) is 57.4 Å². The average Bonchev–Trinajstić information content (AvgIpc) is 2.64. The molecule has 1 aromatic carbocycles. The van der Waals surface area contributed by atoms with Gasteiger partial charge in [0.2, 0.25) is 11.8 Å². The number of carbonyl (C=O) groups excluding carboxylic acids is 2. The monoisotopic (exact) mass is 383 g/mol. The third-order valence-corrected chi connectivity index (χ3v) is 7.00. The molecule has 0 saturated heterocycles. The zero-order valence-corrected chi connectivity index (χ0v) is 16.9. The van der Waals surface area contributed by atoms with Crippen molar-refractivity contribution in [2.24, 2.45) is 23.2 Å². The van der Waals surface area contributed by atoms with Crippen LogP contribution in [-0.2, 0) is 16.1 Å². The summed E-state index contributed by atoms with van der Waals surface area (Å²) in [6.07, 6.45) is 8.41. The lowest BCUT2D eigenvalue weighted by atomic mass is 9.49. The van der Waals surface area contributed by atoms with E-state index in [1.54, 1.807) is 0 Å². The Morgan fingerprint density at radius 2 is 1.64 bits per heavy atom. The first-order valence-corrected chi connectivity index (χ1v) is 10.9. The molecule has 1 aromatic rings. The van der Waals surface area contributed by atoms with Crippen molar-refractivity contribution < 1.29 is 9.59 Å². The molecule has 5 rings (SSSR count). The van der Waals surface area contributed by atoms with E-state index in [0.29, 0.717) is 13.0 Å². The molecule has 0 spiro atoms. The van der Waals surface area contributed by atoms with Gasteiger partial charge in [0.1, 0.15) is 0 Å². The summed E-state index contributed by atoms with van der Waals surface area (Å²) >= 11 is 0. The molecule has 0 unspecified atom stereocenters. The predicted octanol–water partition coefficient (Wildman–Crippen LogP) is 3.46. The zero-order valence-electron chi connectivity index (χ0n) is 16.9. The summed E-state index contributed by atoms with van der Waals surface area (Å²) in [6, 6.07) is 7.79. The number of para-hydroxylation sites is 1. The van der Waals surface area contributed by atoms with Crippen molar-refractivity contribution in [3.63, 3.8) is 0 Å². The third-order valence-electron chi connectivity index (χ3n) is 7.00. The number of benzene rings is 1. The fourth-order valence-electron chi connectivity index (χ4n) is 6.34. The van der Waals surface area contributed by atoms with Gasteiger partial charge in [0, 0.05) is 18.7 Å². The minimum Gasteiger partial charge on any atom is -0.347 e. The van der Waals surface area contributed by atoms with E-state index in [1.807, 2.05) is 24.3 Å². The Labute approximate surface area is 168 Å². The minimum atomic E-state index is -0.164. The van der Waals surface area contributed by atoms with Gasteiger partial charge in [-0.15, -0.1) is 0 Å². The van der Waals surface area contributed by atoms with Crippen molar-refractivity contribution in [1.82, 2.24) is 10.6 Å². The number of anilines is 1. The van der Waals surface area contributed by atoms with Crippen LogP contribution in [0.5, 0.6) is 0 Å². The summed E-state index contributed by atoms with van der Waals surface area (Å²) in [5, 5.41) is 9.09. The summed E-state index contributed by atoms with van der Waals surface area (Å²) in [5.41, 5.74) is 2.08. The van der Waals surface area contributed by atoms with Crippen LogP contribution in [0.4, 0.5) is 5.69 Å². The lowest BCUT2D eigenvalue weighted by Crippen LogP contribution is -2.48. The maximum atomic E-state index is 12.6. The highest BCUT2D eigenvalue weighted by Gasteiger charge is 2.51. The van der Waals surface area contributed by atoms with E-state index in [1.165, 1.54) is 38.5 Å². The zero-order chi connectivity index (χ0) is 19.6. The van der Waals surface area contributed by atoms with E-state index in [9.17, 15) is 9.59 Å². The summed E-state index contributed by atoms with van der Waals surface area (Å²) in [7, 11) is 0. The second-order valence-electron chi connectivity index (χ2n) is 9.36. The predicted molar refractivity (Wildman–Crippen MR) is 111 cm³/mol. The Kier molecular flexibility index (Phi) is 5.72. The summed E-state index contributed by atoms with van der Waals surface area (Å²) in [6.45, 7) is 3.69. The van der Waals surface area contributed by atoms with Crippen LogP contribution in [0, 0.1) is 23.2 Å². The first-order valence-electron chi connectivity index (χ1n) is 10.9. The Balaban J connectivity index is 1.27. The van der Waals surface area contributed by atoms with Gasteiger partial charge in [0.25, 0.3) is 0 Å². The van der Waals surface area contributed by atoms with Crippen molar-refractivity contribution in [3.8, 4) is 0 Å². The smallest absolute Gasteiger partial charge is 0.243 e. The lowest BCUT2D eigenvalue weighted by molar-refractivity contribution is -0.131. The Bertz CT molecular complexity index is 695. The van der Waals surface area contributed by atoms with Crippen molar-refractivity contribution >= 4 is 17.5 Å². The highest BCUT2D eigenvalue weighted by atomic mass is 16.2. The van der Waals surface area contributed by atoms with E-state index in [-0.39, 0.29) is 23.8 Å². The molecular weight excluding hydrogens is 350 g/mol. The molecule has 28 heavy (non-hydrogen) atoms. The van der Waals surface area contributed by atoms with Gasteiger partial charge in [-0.3, -0.25) is 9.59 Å². The Morgan fingerprint density at radius 1 is 1.00 bits per heavy atom. The lowest BCUT2D eigenvalue weighted by Gasteiger charge is -2.56. The van der Waals surface area contributed by atoms with E-state index >= 15 is 0 Å². The number of carbonyl (C=O) groups is 2. The molecule has 0 aliphatic heterocycles. The number of amides is 2. The molecule has 4 aliphatic carbocycles. The van der Waals surface area contributed by atoms with Gasteiger partial charge in [-0.2, -0.15) is 0 Å². The summed E-state index contributed by atoms with van der Waals surface area (Å²) < 4.78 is 0. The molecule has 4 aliphatic rings. The van der Waals surface area contributed by atoms with Crippen LogP contribution in [0.15, 0.2) is 24.3 Å². The molecule has 0 aromatic heterocycles. The van der Waals surface area contributed by atoms with Crippen LogP contribution in [-0.4, -0.2) is 24.9 Å². The fourth-order valence-corrected chi connectivity index (χ4v) is 6.34. The highest BCUT2D eigenvalue weighted by molar-refractivity contribution is 5.95. The van der Waals surface area contributed by atoms with Crippen molar-refractivity contribution in [2.45, 2.75) is 58.4 Å². The molecule has 4 bridgehead atoms. The molecule has 3 N–H and O–H groups in total. The SMILES string of the molecule is CCNCc1ccccc1NC(=O)CNC(=O)CC12CC3CC(CC(C3)C1)C2. The van der Waals surface area contributed by atoms with E-state index in [4.69, 9.17) is 0 Å². The van der Waals surface area contributed by atoms with Crippen molar-refractivity contribution in [1.29, 1.82) is 0 Å². The molecule has 152 valence electrons. The third kappa shape index (κ3) is 4.40. The largest absolute Gasteiger partial charge is 0.347 e. The first-order chi connectivity index (χ1) is 13.5. The topological polar surface area (TPSA) is 70.2 Å². The highest BCUT2D eigenvalue weighted by Crippen LogP contribution is 2.61.